The normalized spacial score (nSPS) is 12.5. The molecule has 0 bridgehead atoms. The first-order valence-corrected chi connectivity index (χ1v) is 5.32. The molecule has 0 aromatic heterocycles. The van der Waals surface area contributed by atoms with Crippen molar-refractivity contribution >= 4 is 5.91 Å². The van der Waals surface area contributed by atoms with E-state index in [-0.39, 0.29) is 11.9 Å². The fourth-order valence-electron chi connectivity index (χ4n) is 1.17. The van der Waals surface area contributed by atoms with E-state index in [0.717, 1.165) is 13.1 Å². The molecule has 90 valence electrons. The van der Waals surface area contributed by atoms with E-state index in [1.165, 1.54) is 0 Å². The molecule has 0 aliphatic rings. The van der Waals surface area contributed by atoms with E-state index in [2.05, 4.69) is 5.48 Å². The van der Waals surface area contributed by atoms with Crippen molar-refractivity contribution < 1.29 is 14.4 Å². The van der Waals surface area contributed by atoms with Crippen molar-refractivity contribution in [1.29, 1.82) is 0 Å². The van der Waals surface area contributed by atoms with Crippen molar-refractivity contribution in [3.8, 4) is 0 Å². The summed E-state index contributed by atoms with van der Waals surface area (Å²) < 4.78 is 4.81. The number of hydrogen-bond donors (Lipinski definition) is 1. The zero-order valence-corrected chi connectivity index (χ0v) is 10.1. The Morgan fingerprint density at radius 3 is 2.40 bits per heavy atom. The van der Waals surface area contributed by atoms with Gasteiger partial charge in [-0.25, -0.2) is 0 Å². The van der Waals surface area contributed by atoms with Gasteiger partial charge in [0.25, 0.3) is 0 Å². The Labute approximate surface area is 91.7 Å². The summed E-state index contributed by atoms with van der Waals surface area (Å²) in [5, 5.41) is 0. The monoisotopic (exact) mass is 218 g/mol. The van der Waals surface area contributed by atoms with Crippen LogP contribution in [0.4, 0.5) is 0 Å². The minimum atomic E-state index is -0.318. The van der Waals surface area contributed by atoms with Gasteiger partial charge in [0.2, 0.25) is 5.91 Å². The SMILES string of the molecule is CCN(CC)C(=O)C(C)NOCCOC. The molecular weight excluding hydrogens is 196 g/mol. The number of carbonyl (C=O) groups excluding carboxylic acids is 1. The summed E-state index contributed by atoms with van der Waals surface area (Å²) in [6.45, 7) is 8.09. The standard InChI is InChI=1S/C10H22N2O3/c1-5-12(6-2)10(13)9(3)11-15-8-7-14-4/h9,11H,5-8H2,1-4H3. The number of methoxy groups -OCH3 is 1. The van der Waals surface area contributed by atoms with E-state index >= 15 is 0 Å². The molecule has 0 saturated carbocycles. The molecule has 0 aliphatic heterocycles. The highest BCUT2D eigenvalue weighted by atomic mass is 16.7. The average molecular weight is 218 g/mol. The predicted octanol–water partition coefficient (Wildman–Crippen LogP) is 0.411. The third-order valence-electron chi connectivity index (χ3n) is 2.10. The lowest BCUT2D eigenvalue weighted by Crippen LogP contribution is -2.44. The van der Waals surface area contributed by atoms with E-state index in [9.17, 15) is 4.79 Å². The van der Waals surface area contributed by atoms with Crippen LogP contribution in [0.15, 0.2) is 0 Å². The molecule has 1 unspecified atom stereocenters. The molecule has 0 aliphatic carbocycles. The van der Waals surface area contributed by atoms with Gasteiger partial charge in [-0.1, -0.05) is 0 Å². The predicted molar refractivity (Wildman–Crippen MR) is 58.4 cm³/mol. The lowest BCUT2D eigenvalue weighted by Gasteiger charge is -2.23. The quantitative estimate of drug-likeness (QED) is 0.473. The van der Waals surface area contributed by atoms with Gasteiger partial charge in [0.1, 0.15) is 6.04 Å². The third-order valence-corrected chi connectivity index (χ3v) is 2.10. The van der Waals surface area contributed by atoms with E-state index in [1.807, 2.05) is 13.8 Å². The Morgan fingerprint density at radius 2 is 1.93 bits per heavy atom. The van der Waals surface area contributed by atoms with Crippen LogP contribution in [0.1, 0.15) is 20.8 Å². The lowest BCUT2D eigenvalue weighted by atomic mass is 10.3. The number of amides is 1. The van der Waals surface area contributed by atoms with Crippen molar-refractivity contribution in [2.45, 2.75) is 26.8 Å². The van der Waals surface area contributed by atoms with Gasteiger partial charge in [-0.15, -0.1) is 0 Å². The molecule has 15 heavy (non-hydrogen) atoms. The minimum absolute atomic E-state index is 0.0532. The Bertz CT molecular complexity index is 172. The first-order chi connectivity index (χ1) is 7.17. The van der Waals surface area contributed by atoms with Crippen LogP contribution in [-0.2, 0) is 14.4 Å². The van der Waals surface area contributed by atoms with Crippen molar-refractivity contribution in [1.82, 2.24) is 10.4 Å². The van der Waals surface area contributed by atoms with E-state index in [4.69, 9.17) is 9.57 Å². The van der Waals surface area contributed by atoms with Gasteiger partial charge in [0.15, 0.2) is 0 Å². The van der Waals surface area contributed by atoms with Crippen LogP contribution >= 0.6 is 0 Å². The van der Waals surface area contributed by atoms with Gasteiger partial charge in [0.05, 0.1) is 13.2 Å². The van der Waals surface area contributed by atoms with Gasteiger partial charge in [-0.05, 0) is 20.8 Å². The molecule has 0 heterocycles. The maximum Gasteiger partial charge on any atom is 0.241 e. The van der Waals surface area contributed by atoms with Crippen molar-refractivity contribution in [2.75, 3.05) is 33.4 Å². The van der Waals surface area contributed by atoms with E-state index in [0.29, 0.717) is 13.2 Å². The average Bonchev–Trinajstić information content (AvgIpc) is 2.25. The summed E-state index contributed by atoms with van der Waals surface area (Å²) in [7, 11) is 1.61. The van der Waals surface area contributed by atoms with Crippen molar-refractivity contribution in [3.05, 3.63) is 0 Å². The fourth-order valence-corrected chi connectivity index (χ4v) is 1.17. The maximum atomic E-state index is 11.7. The number of hydroxylamine groups is 1. The molecular formula is C10H22N2O3. The van der Waals surface area contributed by atoms with E-state index in [1.54, 1.807) is 18.9 Å². The second kappa shape index (κ2) is 8.64. The smallest absolute Gasteiger partial charge is 0.241 e. The highest BCUT2D eigenvalue weighted by molar-refractivity contribution is 5.81. The number of rotatable bonds is 8. The number of nitrogens with zero attached hydrogens (tertiary/aromatic N) is 1. The fraction of sp³-hybridized carbons (Fsp3) is 0.900. The van der Waals surface area contributed by atoms with Gasteiger partial charge in [-0.3, -0.25) is 9.63 Å². The van der Waals surface area contributed by atoms with Gasteiger partial charge < -0.3 is 9.64 Å². The second-order valence-electron chi connectivity index (χ2n) is 3.19. The first kappa shape index (κ1) is 14.3. The Hall–Kier alpha value is -0.650. The summed E-state index contributed by atoms with van der Waals surface area (Å²) in [5.41, 5.74) is 2.70. The van der Waals surface area contributed by atoms with Gasteiger partial charge >= 0.3 is 0 Å². The summed E-state index contributed by atoms with van der Waals surface area (Å²) in [5.74, 6) is 0.0532. The van der Waals surface area contributed by atoms with Crippen LogP contribution in [0, 0.1) is 0 Å². The van der Waals surface area contributed by atoms with Crippen molar-refractivity contribution in [3.63, 3.8) is 0 Å². The number of hydrogen-bond acceptors (Lipinski definition) is 4. The molecule has 1 atom stereocenters. The van der Waals surface area contributed by atoms with Crippen molar-refractivity contribution in [2.24, 2.45) is 0 Å². The molecule has 0 rings (SSSR count). The number of ether oxygens (including phenoxy) is 1. The summed E-state index contributed by atoms with van der Waals surface area (Å²) in [6.07, 6.45) is 0. The largest absolute Gasteiger partial charge is 0.382 e. The van der Waals surface area contributed by atoms with Crippen LogP contribution in [0.3, 0.4) is 0 Å². The summed E-state index contributed by atoms with van der Waals surface area (Å²) in [6, 6.07) is -0.318. The van der Waals surface area contributed by atoms with Crippen LogP contribution < -0.4 is 5.48 Å². The Kier molecular flexibility index (Phi) is 8.27. The van der Waals surface area contributed by atoms with Crippen LogP contribution in [0.25, 0.3) is 0 Å². The molecule has 1 amide bonds. The summed E-state index contributed by atoms with van der Waals surface area (Å²) in [4.78, 5) is 18.6. The Balaban J connectivity index is 3.77. The zero-order chi connectivity index (χ0) is 11.7. The highest BCUT2D eigenvalue weighted by Crippen LogP contribution is 1.94. The molecule has 0 radical (unpaired) electrons. The number of carbonyl (C=O) groups is 1. The molecule has 0 fully saturated rings. The van der Waals surface area contributed by atoms with Gasteiger partial charge in [0, 0.05) is 20.2 Å². The zero-order valence-electron chi connectivity index (χ0n) is 10.1. The highest BCUT2D eigenvalue weighted by Gasteiger charge is 2.17. The molecule has 0 saturated heterocycles. The molecule has 5 nitrogen and oxygen atoms in total. The topological polar surface area (TPSA) is 50.8 Å². The third kappa shape index (κ3) is 5.71. The Morgan fingerprint density at radius 1 is 1.33 bits per heavy atom. The molecule has 0 spiro atoms. The van der Waals surface area contributed by atoms with Gasteiger partial charge in [-0.2, -0.15) is 5.48 Å². The van der Waals surface area contributed by atoms with Crippen LogP contribution in [0.5, 0.6) is 0 Å². The number of likely N-dealkylation sites (N-methyl/N-ethyl adjacent to an activating group) is 1. The second-order valence-corrected chi connectivity index (χ2v) is 3.19. The molecule has 0 aromatic carbocycles. The van der Waals surface area contributed by atoms with E-state index < -0.39 is 0 Å². The van der Waals surface area contributed by atoms with Crippen LogP contribution in [0.2, 0.25) is 0 Å². The molecule has 0 aromatic rings. The first-order valence-electron chi connectivity index (χ1n) is 5.32. The van der Waals surface area contributed by atoms with Crippen LogP contribution in [-0.4, -0.2) is 50.3 Å². The summed E-state index contributed by atoms with van der Waals surface area (Å²) >= 11 is 0. The lowest BCUT2D eigenvalue weighted by molar-refractivity contribution is -0.137. The minimum Gasteiger partial charge on any atom is -0.382 e. The molecule has 1 N–H and O–H groups in total. The maximum absolute atomic E-state index is 11.7. The molecule has 5 heteroatoms. The number of nitrogens with one attached hydrogen (secondary N) is 1.